The molecule has 0 radical (unpaired) electrons. The molecule has 0 aliphatic carbocycles. The maximum absolute atomic E-state index is 12.8. The average molecular weight is 369 g/mol. The minimum absolute atomic E-state index is 0.216. The van der Waals surface area contributed by atoms with Crippen LogP contribution < -0.4 is 10.1 Å². The summed E-state index contributed by atoms with van der Waals surface area (Å²) in [5.41, 5.74) is 2.29. The van der Waals surface area contributed by atoms with Gasteiger partial charge in [-0.25, -0.2) is 4.98 Å². The monoisotopic (exact) mass is 369 g/mol. The van der Waals surface area contributed by atoms with Crippen molar-refractivity contribution in [3.63, 3.8) is 0 Å². The number of hydrogen-bond acceptors (Lipinski definition) is 3. The highest BCUT2D eigenvalue weighted by Crippen LogP contribution is 2.26. The zero-order valence-electron chi connectivity index (χ0n) is 15.2. The van der Waals surface area contributed by atoms with Gasteiger partial charge < -0.3 is 14.6 Å². The molecule has 0 atom stereocenters. The second-order valence-electron chi connectivity index (χ2n) is 6.30. The smallest absolute Gasteiger partial charge is 0.259 e. The molecule has 5 nitrogen and oxygen atoms in total. The molecular weight excluding hydrogens is 350 g/mol. The minimum Gasteiger partial charge on any atom is -0.457 e. The van der Waals surface area contributed by atoms with E-state index in [4.69, 9.17) is 4.74 Å². The van der Waals surface area contributed by atoms with Crippen molar-refractivity contribution in [1.29, 1.82) is 0 Å². The number of rotatable bonds is 6. The Morgan fingerprint density at radius 1 is 0.964 bits per heavy atom. The molecule has 0 aliphatic heterocycles. The Morgan fingerprint density at radius 2 is 1.79 bits per heavy atom. The van der Waals surface area contributed by atoms with Crippen molar-refractivity contribution in [2.75, 3.05) is 5.32 Å². The van der Waals surface area contributed by atoms with Crippen LogP contribution in [0.5, 0.6) is 11.5 Å². The third-order valence-corrected chi connectivity index (χ3v) is 4.21. The molecule has 0 saturated heterocycles. The van der Waals surface area contributed by atoms with E-state index in [0.29, 0.717) is 23.6 Å². The van der Waals surface area contributed by atoms with Crippen LogP contribution in [0.4, 0.5) is 5.69 Å². The van der Waals surface area contributed by atoms with Crippen LogP contribution >= 0.6 is 0 Å². The number of carbonyl (C=O) groups is 1. The van der Waals surface area contributed by atoms with E-state index in [9.17, 15) is 4.79 Å². The summed E-state index contributed by atoms with van der Waals surface area (Å²) < 4.78 is 7.87. The van der Waals surface area contributed by atoms with Gasteiger partial charge >= 0.3 is 0 Å². The topological polar surface area (TPSA) is 56.2 Å². The van der Waals surface area contributed by atoms with Gasteiger partial charge in [-0.3, -0.25) is 4.79 Å². The molecule has 0 fully saturated rings. The number of carbonyl (C=O) groups excluding carboxylic acids is 1. The van der Waals surface area contributed by atoms with Crippen LogP contribution in [0.25, 0.3) is 0 Å². The molecule has 0 aliphatic rings. The number of nitrogens with one attached hydrogen (secondary N) is 1. The average Bonchev–Trinajstić information content (AvgIpc) is 3.22. The highest BCUT2D eigenvalue weighted by Gasteiger charge is 2.13. The lowest BCUT2D eigenvalue weighted by molar-refractivity contribution is 0.102. The van der Waals surface area contributed by atoms with E-state index < -0.39 is 0 Å². The molecule has 4 aromatic rings. The second-order valence-corrected chi connectivity index (χ2v) is 6.30. The summed E-state index contributed by atoms with van der Waals surface area (Å²) in [6, 6.07) is 24.4. The van der Waals surface area contributed by atoms with Crippen molar-refractivity contribution in [1.82, 2.24) is 9.55 Å². The van der Waals surface area contributed by atoms with Gasteiger partial charge in [-0.1, -0.05) is 42.5 Å². The number of ether oxygens (including phenoxy) is 1. The Hall–Kier alpha value is -3.86. The van der Waals surface area contributed by atoms with Crippen LogP contribution in [0.1, 0.15) is 15.9 Å². The maximum atomic E-state index is 12.8. The summed E-state index contributed by atoms with van der Waals surface area (Å²) in [5, 5.41) is 2.96. The van der Waals surface area contributed by atoms with E-state index in [1.54, 1.807) is 24.7 Å². The number of anilines is 1. The number of benzene rings is 3. The first kappa shape index (κ1) is 17.5. The van der Waals surface area contributed by atoms with Gasteiger partial charge in [0, 0.05) is 24.6 Å². The van der Waals surface area contributed by atoms with Gasteiger partial charge in [-0.05, 0) is 42.0 Å². The van der Waals surface area contributed by atoms with Gasteiger partial charge in [0.25, 0.3) is 5.91 Å². The minimum atomic E-state index is -0.216. The summed E-state index contributed by atoms with van der Waals surface area (Å²) in [6.45, 7) is 0.692. The molecule has 4 rings (SSSR count). The molecule has 1 aromatic heterocycles. The SMILES string of the molecule is O=C(Nc1cccc(Cn2ccnc2)c1)c1ccccc1Oc1ccccc1. The molecule has 0 unspecified atom stereocenters. The molecule has 5 heteroatoms. The molecular formula is C23H19N3O2. The Labute approximate surface area is 163 Å². The van der Waals surface area contributed by atoms with Gasteiger partial charge in [-0.2, -0.15) is 0 Å². The van der Waals surface area contributed by atoms with Crippen LogP contribution in [-0.2, 0) is 6.54 Å². The fourth-order valence-corrected chi connectivity index (χ4v) is 2.90. The molecule has 0 bridgehead atoms. The molecule has 138 valence electrons. The van der Waals surface area contributed by atoms with Crippen LogP contribution in [0.15, 0.2) is 97.6 Å². The second kappa shape index (κ2) is 8.22. The molecule has 0 saturated carbocycles. The van der Waals surface area contributed by atoms with E-state index in [1.807, 2.05) is 77.5 Å². The Kier molecular flexibility index (Phi) is 5.15. The fraction of sp³-hybridized carbons (Fsp3) is 0.0435. The lowest BCUT2D eigenvalue weighted by Gasteiger charge is -2.12. The van der Waals surface area contributed by atoms with Gasteiger partial charge in [0.15, 0.2) is 0 Å². The van der Waals surface area contributed by atoms with E-state index >= 15 is 0 Å². The molecule has 0 spiro atoms. The molecule has 3 aromatic carbocycles. The van der Waals surface area contributed by atoms with E-state index in [1.165, 1.54) is 0 Å². The number of hydrogen-bond donors (Lipinski definition) is 1. The van der Waals surface area contributed by atoms with Gasteiger partial charge in [-0.15, -0.1) is 0 Å². The number of nitrogens with zero attached hydrogens (tertiary/aromatic N) is 2. The van der Waals surface area contributed by atoms with Crippen molar-refractivity contribution in [2.45, 2.75) is 6.54 Å². The Morgan fingerprint density at radius 3 is 2.61 bits per heavy atom. The van der Waals surface area contributed by atoms with Crippen LogP contribution in [0.3, 0.4) is 0 Å². The van der Waals surface area contributed by atoms with Gasteiger partial charge in [0.2, 0.25) is 0 Å². The fourth-order valence-electron chi connectivity index (χ4n) is 2.90. The number of aromatic nitrogens is 2. The van der Waals surface area contributed by atoms with E-state index in [-0.39, 0.29) is 5.91 Å². The first-order chi connectivity index (χ1) is 13.8. The predicted molar refractivity (Wildman–Crippen MR) is 109 cm³/mol. The van der Waals surface area contributed by atoms with Crippen LogP contribution in [0, 0.1) is 0 Å². The molecule has 1 heterocycles. The summed E-state index contributed by atoms with van der Waals surface area (Å²) >= 11 is 0. The van der Waals surface area contributed by atoms with E-state index in [2.05, 4.69) is 10.3 Å². The van der Waals surface area contributed by atoms with Crippen molar-refractivity contribution < 1.29 is 9.53 Å². The molecule has 28 heavy (non-hydrogen) atoms. The first-order valence-corrected chi connectivity index (χ1v) is 8.96. The van der Waals surface area contributed by atoms with Crippen molar-refractivity contribution in [2.24, 2.45) is 0 Å². The predicted octanol–water partition coefficient (Wildman–Crippen LogP) is 4.98. The standard InChI is InChI=1S/C23H19N3O2/c27-23(21-11-4-5-12-22(21)28-20-9-2-1-3-10-20)25-19-8-6-7-18(15-19)16-26-14-13-24-17-26/h1-15,17H,16H2,(H,25,27). The highest BCUT2D eigenvalue weighted by atomic mass is 16.5. The summed E-state index contributed by atoms with van der Waals surface area (Å²) in [6.07, 6.45) is 5.42. The van der Waals surface area contributed by atoms with Crippen LogP contribution in [0.2, 0.25) is 0 Å². The Bertz CT molecular complexity index is 1060. The molecule has 1 N–H and O–H groups in total. The number of amides is 1. The quantitative estimate of drug-likeness (QED) is 0.522. The number of imidazole rings is 1. The van der Waals surface area contributed by atoms with Crippen molar-refractivity contribution in [3.05, 3.63) is 109 Å². The van der Waals surface area contributed by atoms with Crippen molar-refractivity contribution in [3.8, 4) is 11.5 Å². The third kappa shape index (κ3) is 4.27. The van der Waals surface area contributed by atoms with Gasteiger partial charge in [0.1, 0.15) is 11.5 Å². The Balaban J connectivity index is 1.51. The van der Waals surface area contributed by atoms with Gasteiger partial charge in [0.05, 0.1) is 11.9 Å². The lowest BCUT2D eigenvalue weighted by atomic mass is 10.1. The number of para-hydroxylation sites is 2. The highest BCUT2D eigenvalue weighted by molar-refractivity contribution is 6.06. The summed E-state index contributed by atoms with van der Waals surface area (Å²) in [4.78, 5) is 16.9. The lowest BCUT2D eigenvalue weighted by Crippen LogP contribution is -2.13. The third-order valence-electron chi connectivity index (χ3n) is 4.21. The summed E-state index contributed by atoms with van der Waals surface area (Å²) in [5.74, 6) is 0.983. The zero-order chi connectivity index (χ0) is 19.2. The normalized spacial score (nSPS) is 10.4. The van der Waals surface area contributed by atoms with Crippen LogP contribution in [-0.4, -0.2) is 15.5 Å². The zero-order valence-corrected chi connectivity index (χ0v) is 15.2. The first-order valence-electron chi connectivity index (χ1n) is 8.96. The molecule has 1 amide bonds. The summed E-state index contributed by atoms with van der Waals surface area (Å²) in [7, 11) is 0. The van der Waals surface area contributed by atoms with Crippen molar-refractivity contribution >= 4 is 11.6 Å². The largest absolute Gasteiger partial charge is 0.457 e. The van der Waals surface area contributed by atoms with E-state index in [0.717, 1.165) is 11.3 Å². The maximum Gasteiger partial charge on any atom is 0.259 e.